The van der Waals surface area contributed by atoms with Crippen molar-refractivity contribution in [1.82, 2.24) is 0 Å². The highest BCUT2D eigenvalue weighted by molar-refractivity contribution is 5.87. The van der Waals surface area contributed by atoms with E-state index < -0.39 is 42.9 Å². The van der Waals surface area contributed by atoms with Crippen molar-refractivity contribution in [3.05, 3.63) is 39.7 Å². The Hall–Kier alpha value is -1.97. The van der Waals surface area contributed by atoms with E-state index in [4.69, 9.17) is 13.9 Å². The highest BCUT2D eigenvalue weighted by Gasteiger charge is 2.44. The van der Waals surface area contributed by atoms with Gasteiger partial charge in [-0.05, 0) is 36.6 Å². The van der Waals surface area contributed by atoms with Crippen LogP contribution in [0.25, 0.3) is 11.0 Å². The zero-order chi connectivity index (χ0) is 19.0. The molecular weight excluding hydrogens is 344 g/mol. The van der Waals surface area contributed by atoms with E-state index in [1.54, 1.807) is 19.1 Å². The Bertz CT molecular complexity index is 843. The van der Waals surface area contributed by atoms with Gasteiger partial charge >= 0.3 is 5.63 Å². The number of aryl methyl sites for hydroxylation is 2. The van der Waals surface area contributed by atoms with Gasteiger partial charge in [-0.1, -0.05) is 6.92 Å². The molecule has 1 aromatic heterocycles. The molecule has 0 radical (unpaired) electrons. The lowest BCUT2D eigenvalue weighted by molar-refractivity contribution is -0.277. The van der Waals surface area contributed by atoms with Gasteiger partial charge in [-0.25, -0.2) is 4.79 Å². The molecule has 8 nitrogen and oxygen atoms in total. The van der Waals surface area contributed by atoms with Gasteiger partial charge in [0.05, 0.1) is 12.0 Å². The Morgan fingerprint density at radius 2 is 1.85 bits per heavy atom. The second-order valence-corrected chi connectivity index (χ2v) is 6.40. The fourth-order valence-corrected chi connectivity index (χ4v) is 3.13. The van der Waals surface area contributed by atoms with Crippen LogP contribution in [0.1, 0.15) is 18.1 Å². The van der Waals surface area contributed by atoms with Crippen LogP contribution < -0.4 is 10.4 Å². The molecule has 1 saturated heterocycles. The van der Waals surface area contributed by atoms with Gasteiger partial charge in [0, 0.05) is 6.07 Å². The van der Waals surface area contributed by atoms with E-state index in [1.165, 1.54) is 6.07 Å². The Balaban J connectivity index is 2.04. The average Bonchev–Trinajstić information content (AvgIpc) is 2.60. The number of aliphatic hydroxyl groups excluding tert-OH is 4. The predicted octanol–water partition coefficient (Wildman–Crippen LogP) is -0.157. The van der Waals surface area contributed by atoms with Crippen LogP contribution in [0.4, 0.5) is 0 Å². The topological polar surface area (TPSA) is 130 Å². The lowest BCUT2D eigenvalue weighted by Crippen LogP contribution is -2.60. The second kappa shape index (κ2) is 7.34. The number of hydrogen-bond acceptors (Lipinski definition) is 8. The van der Waals surface area contributed by atoms with E-state index in [9.17, 15) is 25.2 Å². The number of hydrogen-bond donors (Lipinski definition) is 4. The van der Waals surface area contributed by atoms with Gasteiger partial charge in [-0.3, -0.25) is 0 Å². The molecule has 0 bridgehead atoms. The molecule has 0 saturated carbocycles. The van der Waals surface area contributed by atoms with Crippen molar-refractivity contribution in [2.24, 2.45) is 0 Å². The molecule has 142 valence electrons. The van der Waals surface area contributed by atoms with Gasteiger partial charge in [-0.15, -0.1) is 0 Å². The third-order valence-electron chi connectivity index (χ3n) is 4.51. The van der Waals surface area contributed by atoms with Gasteiger partial charge < -0.3 is 34.3 Å². The molecule has 2 heterocycles. The number of ether oxygens (including phenoxy) is 2. The molecule has 1 fully saturated rings. The summed E-state index contributed by atoms with van der Waals surface area (Å²) < 4.78 is 16.4. The Kier molecular flexibility index (Phi) is 5.31. The summed E-state index contributed by atoms with van der Waals surface area (Å²) >= 11 is 0. The first-order valence-corrected chi connectivity index (χ1v) is 8.40. The molecule has 3 rings (SSSR count). The molecule has 26 heavy (non-hydrogen) atoms. The van der Waals surface area contributed by atoms with E-state index >= 15 is 0 Å². The first kappa shape index (κ1) is 18.8. The van der Waals surface area contributed by atoms with Crippen molar-refractivity contribution in [3.8, 4) is 5.75 Å². The Morgan fingerprint density at radius 1 is 1.12 bits per heavy atom. The zero-order valence-electron chi connectivity index (χ0n) is 14.5. The molecule has 1 aromatic carbocycles. The summed E-state index contributed by atoms with van der Waals surface area (Å²) in [5.74, 6) is 0.310. The minimum absolute atomic E-state index is 0.310. The normalized spacial score (nSPS) is 29.1. The van der Waals surface area contributed by atoms with E-state index in [1.807, 2.05) is 6.92 Å². The minimum atomic E-state index is -1.54. The molecule has 1 aliphatic heterocycles. The van der Waals surface area contributed by atoms with Crippen molar-refractivity contribution >= 4 is 11.0 Å². The van der Waals surface area contributed by atoms with Crippen LogP contribution in [-0.2, 0) is 11.2 Å². The SMILES string of the molecule is CCc1cc(=O)oc2cc(C)cc(O[C@@H]3O[C@H](CO)[C@@H](O)[C@H](O)[C@H]3O)c12. The van der Waals surface area contributed by atoms with Crippen molar-refractivity contribution in [3.63, 3.8) is 0 Å². The smallest absolute Gasteiger partial charge is 0.336 e. The monoisotopic (exact) mass is 366 g/mol. The largest absolute Gasteiger partial charge is 0.461 e. The first-order chi connectivity index (χ1) is 12.3. The number of fused-ring (bicyclic) bond motifs is 1. The summed E-state index contributed by atoms with van der Waals surface area (Å²) in [6.07, 6.45) is -6.36. The van der Waals surface area contributed by atoms with Gasteiger partial charge in [0.2, 0.25) is 6.29 Å². The summed E-state index contributed by atoms with van der Waals surface area (Å²) in [7, 11) is 0. The van der Waals surface area contributed by atoms with E-state index in [-0.39, 0.29) is 0 Å². The molecule has 8 heteroatoms. The van der Waals surface area contributed by atoms with Crippen molar-refractivity contribution in [1.29, 1.82) is 0 Å². The predicted molar refractivity (Wildman–Crippen MR) is 91.0 cm³/mol. The number of aliphatic hydroxyl groups is 4. The molecule has 4 N–H and O–H groups in total. The summed E-state index contributed by atoms with van der Waals surface area (Å²) in [4.78, 5) is 11.7. The van der Waals surface area contributed by atoms with Crippen LogP contribution in [0.3, 0.4) is 0 Å². The molecule has 0 aliphatic carbocycles. The van der Waals surface area contributed by atoms with Crippen molar-refractivity contribution in [2.75, 3.05) is 6.61 Å². The highest BCUT2D eigenvalue weighted by atomic mass is 16.7. The third-order valence-corrected chi connectivity index (χ3v) is 4.51. The number of rotatable bonds is 4. The van der Waals surface area contributed by atoms with Gasteiger partial charge in [0.1, 0.15) is 35.7 Å². The fourth-order valence-electron chi connectivity index (χ4n) is 3.13. The Labute approximate surface area is 149 Å². The van der Waals surface area contributed by atoms with Crippen LogP contribution in [0.2, 0.25) is 0 Å². The molecule has 0 unspecified atom stereocenters. The quantitative estimate of drug-likeness (QED) is 0.550. The molecule has 1 aliphatic rings. The van der Waals surface area contributed by atoms with Crippen molar-refractivity contribution < 1.29 is 34.3 Å². The average molecular weight is 366 g/mol. The molecular formula is C18H22O8. The minimum Gasteiger partial charge on any atom is -0.461 e. The van der Waals surface area contributed by atoms with Crippen molar-refractivity contribution in [2.45, 2.75) is 51.0 Å². The molecule has 0 amide bonds. The van der Waals surface area contributed by atoms with Crippen LogP contribution in [0, 0.1) is 6.92 Å². The standard InChI is InChI=1S/C18H22O8/c1-3-9-6-13(20)24-10-4-8(2)5-11(14(9)10)25-18-17(23)16(22)15(21)12(7-19)26-18/h4-6,12,15-19,21-23H,3,7H2,1-2H3/t12-,15-,16+,17-,18-/m1/s1. The van der Waals surface area contributed by atoms with Gasteiger partial charge in [0.25, 0.3) is 0 Å². The third kappa shape index (κ3) is 3.34. The van der Waals surface area contributed by atoms with Gasteiger partial charge in [0.15, 0.2) is 0 Å². The summed E-state index contributed by atoms with van der Waals surface area (Å²) in [6, 6.07) is 4.77. The summed E-state index contributed by atoms with van der Waals surface area (Å²) in [6.45, 7) is 3.12. The van der Waals surface area contributed by atoms with Gasteiger partial charge in [-0.2, -0.15) is 0 Å². The molecule has 5 atom stereocenters. The maximum absolute atomic E-state index is 11.7. The maximum Gasteiger partial charge on any atom is 0.336 e. The number of benzene rings is 1. The van der Waals surface area contributed by atoms with E-state index in [2.05, 4.69) is 0 Å². The van der Waals surface area contributed by atoms with E-state index in [0.29, 0.717) is 28.7 Å². The summed E-state index contributed by atoms with van der Waals surface area (Å²) in [5, 5.41) is 39.8. The Morgan fingerprint density at radius 3 is 2.50 bits per heavy atom. The maximum atomic E-state index is 11.7. The van der Waals surface area contributed by atoms with Crippen LogP contribution >= 0.6 is 0 Å². The highest BCUT2D eigenvalue weighted by Crippen LogP contribution is 2.33. The van der Waals surface area contributed by atoms with Crippen LogP contribution in [0.5, 0.6) is 5.75 Å². The second-order valence-electron chi connectivity index (χ2n) is 6.40. The zero-order valence-corrected chi connectivity index (χ0v) is 14.5. The lowest BCUT2D eigenvalue weighted by Gasteiger charge is -2.39. The lowest BCUT2D eigenvalue weighted by atomic mass is 9.99. The molecule has 2 aromatic rings. The summed E-state index contributed by atoms with van der Waals surface area (Å²) in [5.41, 5.74) is 1.33. The fraction of sp³-hybridized carbons (Fsp3) is 0.500. The van der Waals surface area contributed by atoms with Crippen LogP contribution in [0.15, 0.2) is 27.4 Å². The van der Waals surface area contributed by atoms with E-state index in [0.717, 1.165) is 5.56 Å². The van der Waals surface area contributed by atoms with Crippen LogP contribution in [-0.4, -0.2) is 57.7 Å². The molecule has 0 spiro atoms. The first-order valence-electron chi connectivity index (χ1n) is 8.40.